The zero-order chi connectivity index (χ0) is 23.8. The highest BCUT2D eigenvalue weighted by Crippen LogP contribution is 2.45. The van der Waals surface area contributed by atoms with Gasteiger partial charge in [0, 0.05) is 10.6 Å². The minimum Gasteiger partial charge on any atom is -0.490 e. The average Bonchev–Trinajstić information content (AvgIpc) is 2.84. The maximum atomic E-state index is 11.9. The van der Waals surface area contributed by atoms with Crippen LogP contribution in [-0.2, 0) is 0 Å². The molecule has 0 saturated heterocycles. The third-order valence-corrected chi connectivity index (χ3v) is 7.42. The van der Waals surface area contributed by atoms with Crippen LogP contribution in [0.25, 0.3) is 0 Å². The normalized spacial score (nSPS) is 17.4. The number of fused-ring (bicyclic) bond motifs is 1. The van der Waals surface area contributed by atoms with Crippen molar-refractivity contribution >= 4 is 17.4 Å². The summed E-state index contributed by atoms with van der Waals surface area (Å²) in [5, 5.41) is 11.9. The van der Waals surface area contributed by atoms with Gasteiger partial charge in [-0.1, -0.05) is 56.3 Å². The molecular formula is C28H38N2O2S. The van der Waals surface area contributed by atoms with Crippen molar-refractivity contribution in [2.24, 2.45) is 0 Å². The minimum atomic E-state index is -0.631. The van der Waals surface area contributed by atoms with Crippen molar-refractivity contribution in [1.82, 2.24) is 4.90 Å². The van der Waals surface area contributed by atoms with Gasteiger partial charge in [-0.25, -0.2) is 0 Å². The van der Waals surface area contributed by atoms with Gasteiger partial charge in [0.05, 0.1) is 17.8 Å². The Labute approximate surface area is 203 Å². The summed E-state index contributed by atoms with van der Waals surface area (Å²) in [6.07, 6.45) is 2.90. The predicted molar refractivity (Wildman–Crippen MR) is 141 cm³/mol. The van der Waals surface area contributed by atoms with E-state index in [2.05, 4.69) is 80.1 Å². The van der Waals surface area contributed by atoms with Gasteiger partial charge in [0.1, 0.15) is 18.6 Å². The summed E-state index contributed by atoms with van der Waals surface area (Å²) < 4.78 is 5.68. The van der Waals surface area contributed by atoms with Crippen LogP contribution in [0.15, 0.2) is 78.2 Å². The second kappa shape index (κ2) is 12.3. The van der Waals surface area contributed by atoms with Crippen LogP contribution >= 0.6 is 11.8 Å². The van der Waals surface area contributed by atoms with Gasteiger partial charge in [0.15, 0.2) is 0 Å². The van der Waals surface area contributed by atoms with Gasteiger partial charge in [-0.3, -0.25) is 4.90 Å². The molecule has 0 aromatic heterocycles. The Kier molecular flexibility index (Phi) is 9.48. The van der Waals surface area contributed by atoms with E-state index in [0.717, 1.165) is 48.7 Å². The first kappa shape index (κ1) is 25.4. The molecule has 5 heteroatoms. The highest BCUT2D eigenvalue weighted by atomic mass is 32.2. The number of hydrogen-bond donors (Lipinski definition) is 1. The molecule has 33 heavy (non-hydrogen) atoms. The number of benzene rings is 2. The molecule has 178 valence electrons. The first-order valence-corrected chi connectivity index (χ1v) is 12.9. The molecule has 3 unspecified atom stereocenters. The van der Waals surface area contributed by atoms with Gasteiger partial charge in [-0.2, -0.15) is 0 Å². The second-order valence-electron chi connectivity index (χ2n) is 8.57. The summed E-state index contributed by atoms with van der Waals surface area (Å²) in [4.78, 5) is 5.84. The van der Waals surface area contributed by atoms with Crippen LogP contribution in [0.5, 0.6) is 5.75 Å². The van der Waals surface area contributed by atoms with Gasteiger partial charge in [-0.15, -0.1) is 18.3 Å². The lowest BCUT2D eigenvalue weighted by Gasteiger charge is -2.46. The molecule has 0 aliphatic carbocycles. The number of anilines is 1. The molecule has 0 spiro atoms. The summed E-state index contributed by atoms with van der Waals surface area (Å²) in [5.41, 5.74) is 3.44. The summed E-state index contributed by atoms with van der Waals surface area (Å²) in [7, 11) is 0. The molecule has 1 heterocycles. The van der Waals surface area contributed by atoms with E-state index >= 15 is 0 Å². The summed E-state index contributed by atoms with van der Waals surface area (Å²) in [6, 6.07) is 16.8. The fraction of sp³-hybridized carbons (Fsp3) is 0.429. The number of allylic oxidation sites excluding steroid dienone is 1. The molecule has 0 bridgehead atoms. The van der Waals surface area contributed by atoms with Crippen molar-refractivity contribution in [3.63, 3.8) is 0 Å². The molecular weight excluding hydrogens is 428 g/mol. The van der Waals surface area contributed by atoms with Crippen molar-refractivity contribution in [2.45, 2.75) is 56.8 Å². The van der Waals surface area contributed by atoms with Crippen LogP contribution in [0.1, 0.15) is 45.2 Å². The first-order valence-electron chi connectivity index (χ1n) is 11.9. The lowest BCUT2D eigenvalue weighted by molar-refractivity contribution is 0.0418. The third kappa shape index (κ3) is 6.23. The highest BCUT2D eigenvalue weighted by molar-refractivity contribution is 7.99. The van der Waals surface area contributed by atoms with E-state index in [-0.39, 0.29) is 12.1 Å². The number of thioether (sulfide) groups is 1. The van der Waals surface area contributed by atoms with Crippen molar-refractivity contribution in [3.05, 3.63) is 78.9 Å². The lowest BCUT2D eigenvalue weighted by atomic mass is 9.99. The number of hydrogen-bond acceptors (Lipinski definition) is 5. The predicted octanol–water partition coefficient (Wildman–Crippen LogP) is 6.29. The van der Waals surface area contributed by atoms with Gasteiger partial charge >= 0.3 is 0 Å². The van der Waals surface area contributed by atoms with E-state index in [1.165, 1.54) is 10.5 Å². The molecule has 0 radical (unpaired) electrons. The van der Waals surface area contributed by atoms with E-state index in [9.17, 15) is 5.11 Å². The molecule has 2 aromatic carbocycles. The topological polar surface area (TPSA) is 35.9 Å². The molecule has 0 amide bonds. The van der Waals surface area contributed by atoms with E-state index in [1.54, 1.807) is 6.08 Å². The largest absolute Gasteiger partial charge is 0.490 e. The van der Waals surface area contributed by atoms with Gasteiger partial charge in [0.2, 0.25) is 0 Å². The van der Waals surface area contributed by atoms with Gasteiger partial charge in [-0.05, 0) is 62.7 Å². The Morgan fingerprint density at radius 3 is 2.55 bits per heavy atom. The third-order valence-electron chi connectivity index (χ3n) is 6.29. The molecule has 1 N–H and O–H groups in total. The van der Waals surface area contributed by atoms with Crippen LogP contribution in [0.3, 0.4) is 0 Å². The Balaban J connectivity index is 1.98. The molecule has 3 atom stereocenters. The van der Waals surface area contributed by atoms with E-state index in [0.29, 0.717) is 6.61 Å². The number of aliphatic hydroxyl groups excluding tert-OH is 1. The van der Waals surface area contributed by atoms with Crippen molar-refractivity contribution in [2.75, 3.05) is 30.3 Å². The number of likely N-dealkylation sites (N-methyl/N-ethyl adjacent to an activating group) is 1. The van der Waals surface area contributed by atoms with Crippen molar-refractivity contribution < 1.29 is 9.84 Å². The maximum absolute atomic E-state index is 11.9. The quantitative estimate of drug-likeness (QED) is 0.372. The smallest absolute Gasteiger partial charge is 0.143 e. The van der Waals surface area contributed by atoms with E-state index in [4.69, 9.17) is 4.74 Å². The Bertz CT molecular complexity index is 910. The zero-order valence-corrected chi connectivity index (χ0v) is 21.1. The monoisotopic (exact) mass is 466 g/mol. The molecule has 4 nitrogen and oxygen atoms in total. The van der Waals surface area contributed by atoms with Crippen LogP contribution in [-0.4, -0.2) is 47.7 Å². The summed E-state index contributed by atoms with van der Waals surface area (Å²) in [5.74, 6) is 1.71. The first-order chi connectivity index (χ1) is 16.0. The number of rotatable bonds is 12. The minimum absolute atomic E-state index is 0.0190. The van der Waals surface area contributed by atoms with Crippen LogP contribution in [0.2, 0.25) is 0 Å². The number of ether oxygens (including phenoxy) is 1. The molecule has 1 aliphatic heterocycles. The SMILES string of the molecule is C=CCOc1ccc(C2CSc3ccccc3N2C(O)C(CCC(=C)C)N(CC)CC)cc1. The van der Waals surface area contributed by atoms with E-state index < -0.39 is 6.23 Å². The molecule has 0 saturated carbocycles. The number of nitrogens with zero attached hydrogens (tertiary/aromatic N) is 2. The Hall–Kier alpha value is -2.21. The summed E-state index contributed by atoms with van der Waals surface area (Å²) >= 11 is 1.86. The van der Waals surface area contributed by atoms with Gasteiger partial charge in [0.25, 0.3) is 0 Å². The molecule has 3 rings (SSSR count). The molecule has 0 fully saturated rings. The van der Waals surface area contributed by atoms with Crippen molar-refractivity contribution in [1.29, 1.82) is 0 Å². The fourth-order valence-corrected chi connectivity index (χ4v) is 5.71. The van der Waals surface area contributed by atoms with E-state index in [1.807, 2.05) is 23.9 Å². The Morgan fingerprint density at radius 1 is 1.21 bits per heavy atom. The standard InChI is InChI=1S/C28H38N2O2S/c1-6-19-32-23-16-14-22(15-17-23)26-20-33-27-12-10-9-11-24(27)30(26)28(31)25(18-13-21(4)5)29(7-2)8-3/h6,9-12,14-17,25-26,28,31H,1,4,7-8,13,18-20H2,2-3,5H3. The maximum Gasteiger partial charge on any atom is 0.143 e. The van der Waals surface area contributed by atoms with Gasteiger partial charge < -0.3 is 14.7 Å². The fourth-order valence-electron chi connectivity index (χ4n) is 4.53. The second-order valence-corrected chi connectivity index (χ2v) is 9.63. The molecule has 1 aliphatic rings. The average molecular weight is 467 g/mol. The Morgan fingerprint density at radius 2 is 1.91 bits per heavy atom. The lowest BCUT2D eigenvalue weighted by Crippen LogP contribution is -2.54. The number of para-hydroxylation sites is 1. The van der Waals surface area contributed by atoms with Crippen LogP contribution < -0.4 is 9.64 Å². The van der Waals surface area contributed by atoms with Crippen LogP contribution in [0, 0.1) is 0 Å². The zero-order valence-electron chi connectivity index (χ0n) is 20.2. The number of aliphatic hydroxyl groups is 1. The summed E-state index contributed by atoms with van der Waals surface area (Å²) in [6.45, 7) is 16.5. The van der Waals surface area contributed by atoms with Crippen LogP contribution in [0.4, 0.5) is 5.69 Å². The van der Waals surface area contributed by atoms with Crippen molar-refractivity contribution in [3.8, 4) is 5.75 Å². The molecule has 2 aromatic rings. The highest BCUT2D eigenvalue weighted by Gasteiger charge is 2.37.